The molecular weight excluding hydrogens is 695 g/mol. The van der Waals surface area contributed by atoms with Crippen molar-refractivity contribution in [3.05, 3.63) is 48.6 Å². The van der Waals surface area contributed by atoms with Gasteiger partial charge in [0, 0.05) is 6.42 Å². The Hall–Kier alpha value is -1.54. The van der Waals surface area contributed by atoms with Crippen LogP contribution in [0.5, 0.6) is 0 Å². The molecule has 0 fully saturated rings. The minimum atomic E-state index is -4.35. The van der Waals surface area contributed by atoms with Crippen molar-refractivity contribution in [3.63, 3.8) is 0 Å². The highest BCUT2D eigenvalue weighted by atomic mass is 31.2. The minimum absolute atomic E-state index is 0.0519. The SMILES string of the molecule is CCCCC/C=C/C/C=C/CCCCCCCC(=O)N[C@@H](COP(=O)(O)OCC[N+](C)(C)C)[C@H](O)/C=C/CC/C=C/CCCCCCCCCCCCC. The number of amides is 1. The molecule has 3 N–H and O–H groups in total. The van der Waals surface area contributed by atoms with Crippen molar-refractivity contribution < 1.29 is 32.9 Å². The second-order valence-corrected chi connectivity index (χ2v) is 17.5. The number of aliphatic hydroxyl groups is 1. The topological polar surface area (TPSA) is 105 Å². The van der Waals surface area contributed by atoms with Crippen molar-refractivity contribution in [3.8, 4) is 0 Å². The summed E-state index contributed by atoms with van der Waals surface area (Å²) in [5, 5.41) is 13.8. The fourth-order valence-corrected chi connectivity index (χ4v) is 6.70. The molecule has 0 rings (SSSR count). The molecule has 1 unspecified atom stereocenters. The molecule has 0 radical (unpaired) electrons. The van der Waals surface area contributed by atoms with E-state index in [2.05, 4.69) is 55.6 Å². The minimum Gasteiger partial charge on any atom is -0.387 e. The van der Waals surface area contributed by atoms with Gasteiger partial charge in [-0.15, -0.1) is 0 Å². The maximum absolute atomic E-state index is 12.8. The molecule has 54 heavy (non-hydrogen) atoms. The Kier molecular flexibility index (Phi) is 36.0. The number of hydrogen-bond donors (Lipinski definition) is 3. The van der Waals surface area contributed by atoms with Crippen LogP contribution in [0.3, 0.4) is 0 Å². The van der Waals surface area contributed by atoms with E-state index in [1.807, 2.05) is 27.2 Å². The molecule has 0 bridgehead atoms. The van der Waals surface area contributed by atoms with Gasteiger partial charge in [0.2, 0.25) is 5.91 Å². The number of allylic oxidation sites excluding steroid dienone is 7. The Morgan fingerprint density at radius 1 is 0.630 bits per heavy atom. The first kappa shape index (κ1) is 52.5. The second kappa shape index (κ2) is 37.1. The summed E-state index contributed by atoms with van der Waals surface area (Å²) in [4.78, 5) is 23.1. The molecule has 9 heteroatoms. The Morgan fingerprint density at radius 3 is 1.63 bits per heavy atom. The van der Waals surface area contributed by atoms with Gasteiger partial charge in [-0.2, -0.15) is 0 Å². The Balaban J connectivity index is 4.53. The summed E-state index contributed by atoms with van der Waals surface area (Å²) < 4.78 is 23.5. The normalized spacial score (nSPS) is 14.9. The summed E-state index contributed by atoms with van der Waals surface area (Å²) in [5.41, 5.74) is 0. The van der Waals surface area contributed by atoms with E-state index in [0.717, 1.165) is 64.2 Å². The molecule has 0 aliphatic heterocycles. The van der Waals surface area contributed by atoms with Crippen LogP contribution in [-0.2, 0) is 18.4 Å². The highest BCUT2D eigenvalue weighted by molar-refractivity contribution is 7.47. The van der Waals surface area contributed by atoms with E-state index < -0.39 is 20.0 Å². The molecule has 0 aliphatic rings. The number of nitrogens with one attached hydrogen (secondary N) is 1. The highest BCUT2D eigenvalue weighted by Crippen LogP contribution is 2.43. The lowest BCUT2D eigenvalue weighted by Crippen LogP contribution is -2.45. The van der Waals surface area contributed by atoms with Gasteiger partial charge in [-0.25, -0.2) is 4.57 Å². The van der Waals surface area contributed by atoms with E-state index in [9.17, 15) is 19.4 Å². The van der Waals surface area contributed by atoms with Crippen molar-refractivity contribution in [2.24, 2.45) is 0 Å². The van der Waals surface area contributed by atoms with Gasteiger partial charge in [-0.05, 0) is 64.2 Å². The zero-order valence-corrected chi connectivity index (χ0v) is 36.6. The predicted octanol–water partition coefficient (Wildman–Crippen LogP) is 12.1. The molecule has 0 saturated heterocycles. The van der Waals surface area contributed by atoms with Gasteiger partial charge in [0.1, 0.15) is 13.2 Å². The van der Waals surface area contributed by atoms with Gasteiger partial charge in [-0.1, -0.05) is 159 Å². The molecule has 0 aromatic rings. The number of likely N-dealkylation sites (N-methyl/N-ethyl adjacent to an activating group) is 1. The van der Waals surface area contributed by atoms with E-state index in [0.29, 0.717) is 17.4 Å². The summed E-state index contributed by atoms with van der Waals surface area (Å²) in [7, 11) is 1.54. The summed E-state index contributed by atoms with van der Waals surface area (Å²) >= 11 is 0. The van der Waals surface area contributed by atoms with Crippen molar-refractivity contribution in [2.75, 3.05) is 40.9 Å². The molecular formula is C45H86N2O6P+. The van der Waals surface area contributed by atoms with E-state index in [4.69, 9.17) is 9.05 Å². The number of rotatable bonds is 39. The van der Waals surface area contributed by atoms with Gasteiger partial charge in [0.25, 0.3) is 0 Å². The summed E-state index contributed by atoms with van der Waals surface area (Å²) in [6, 6.07) is -0.870. The van der Waals surface area contributed by atoms with E-state index in [-0.39, 0.29) is 19.1 Å². The molecule has 0 aliphatic carbocycles. The first-order valence-electron chi connectivity index (χ1n) is 22.0. The number of quaternary nitrogens is 1. The monoisotopic (exact) mass is 782 g/mol. The van der Waals surface area contributed by atoms with Crippen LogP contribution >= 0.6 is 7.82 Å². The fourth-order valence-electron chi connectivity index (χ4n) is 5.97. The lowest BCUT2D eigenvalue weighted by molar-refractivity contribution is -0.870. The van der Waals surface area contributed by atoms with Gasteiger partial charge in [0.15, 0.2) is 0 Å². The zero-order valence-electron chi connectivity index (χ0n) is 35.7. The Morgan fingerprint density at radius 2 is 1.07 bits per heavy atom. The number of phosphoric ester groups is 1. The van der Waals surface area contributed by atoms with Crippen LogP contribution in [0.1, 0.15) is 181 Å². The molecule has 316 valence electrons. The van der Waals surface area contributed by atoms with Crippen LogP contribution < -0.4 is 5.32 Å². The molecule has 0 aromatic heterocycles. The van der Waals surface area contributed by atoms with Gasteiger partial charge >= 0.3 is 7.82 Å². The Labute approximate surface area is 333 Å². The third-order valence-corrected chi connectivity index (χ3v) is 10.5. The van der Waals surface area contributed by atoms with Crippen LogP contribution in [0.2, 0.25) is 0 Å². The number of carbonyl (C=O) groups excluding carboxylic acids is 1. The number of phosphoric acid groups is 1. The molecule has 0 spiro atoms. The molecule has 8 nitrogen and oxygen atoms in total. The molecule has 0 saturated carbocycles. The summed E-state index contributed by atoms with van der Waals surface area (Å²) in [6.07, 6.45) is 46.1. The molecule has 0 heterocycles. The van der Waals surface area contributed by atoms with Gasteiger partial charge in [0.05, 0.1) is 39.9 Å². The molecule has 3 atom stereocenters. The first-order valence-corrected chi connectivity index (χ1v) is 23.5. The van der Waals surface area contributed by atoms with E-state index in [1.54, 1.807) is 6.08 Å². The van der Waals surface area contributed by atoms with Crippen LogP contribution in [0.15, 0.2) is 48.6 Å². The highest BCUT2D eigenvalue weighted by Gasteiger charge is 2.27. The van der Waals surface area contributed by atoms with Crippen molar-refractivity contribution in [2.45, 2.75) is 193 Å². The van der Waals surface area contributed by atoms with E-state index >= 15 is 0 Å². The number of aliphatic hydroxyl groups excluding tert-OH is 1. The van der Waals surface area contributed by atoms with Crippen LogP contribution in [0, 0.1) is 0 Å². The standard InChI is InChI=1S/C45H85N2O6P/c1-6-8-10-12-14-16-18-20-22-23-25-26-28-30-32-34-36-38-44(48)43(42-53-54(50,51)52-41-40-47(3,4)5)46-45(49)39-37-35-33-31-29-27-24-21-19-17-15-13-11-9-7-2/h15,17,21,24,28,30,36,38,43-44,48H,6-14,16,18-20,22-23,25-27,29,31-35,37,39-42H2,1-5H3,(H-,46,49,50,51)/p+1/b17-15+,24-21+,30-28+,38-36+/t43-,44+/m0/s1. The largest absolute Gasteiger partial charge is 0.472 e. The maximum atomic E-state index is 12.8. The average molecular weight is 782 g/mol. The number of hydrogen-bond acceptors (Lipinski definition) is 5. The van der Waals surface area contributed by atoms with Gasteiger partial charge in [-0.3, -0.25) is 13.8 Å². The quantitative estimate of drug-likeness (QED) is 0.0248. The third kappa shape index (κ3) is 38.7. The van der Waals surface area contributed by atoms with Crippen LogP contribution in [-0.4, -0.2) is 73.4 Å². The molecule has 0 aromatic carbocycles. The van der Waals surface area contributed by atoms with Crippen LogP contribution in [0.4, 0.5) is 0 Å². The van der Waals surface area contributed by atoms with Crippen molar-refractivity contribution in [1.82, 2.24) is 5.32 Å². The lowest BCUT2D eigenvalue weighted by atomic mass is 10.1. The van der Waals surface area contributed by atoms with Crippen molar-refractivity contribution >= 4 is 13.7 Å². The third-order valence-electron chi connectivity index (χ3n) is 9.52. The fraction of sp³-hybridized carbons (Fsp3) is 0.800. The first-order chi connectivity index (χ1) is 26.0. The Bertz CT molecular complexity index is 1020. The smallest absolute Gasteiger partial charge is 0.387 e. The van der Waals surface area contributed by atoms with Gasteiger partial charge < -0.3 is 19.8 Å². The second-order valence-electron chi connectivity index (χ2n) is 16.1. The number of carbonyl (C=O) groups is 1. The van der Waals surface area contributed by atoms with Crippen LogP contribution in [0.25, 0.3) is 0 Å². The molecule has 1 amide bonds. The maximum Gasteiger partial charge on any atom is 0.472 e. The van der Waals surface area contributed by atoms with E-state index in [1.165, 1.54) is 96.3 Å². The predicted molar refractivity (Wildman–Crippen MR) is 231 cm³/mol. The van der Waals surface area contributed by atoms with Crippen molar-refractivity contribution in [1.29, 1.82) is 0 Å². The number of nitrogens with zero attached hydrogens (tertiary/aromatic N) is 1. The summed E-state index contributed by atoms with van der Waals surface area (Å²) in [5.74, 6) is -0.203. The average Bonchev–Trinajstić information content (AvgIpc) is 3.12. The lowest BCUT2D eigenvalue weighted by Gasteiger charge is -2.25. The number of unbranched alkanes of at least 4 members (excludes halogenated alkanes) is 20. The zero-order chi connectivity index (χ0) is 40.0. The summed E-state index contributed by atoms with van der Waals surface area (Å²) in [6.45, 7) is 4.74.